The van der Waals surface area contributed by atoms with E-state index in [2.05, 4.69) is 20.7 Å². The molecule has 8 nitrogen and oxygen atoms in total. The molecule has 36 heavy (non-hydrogen) atoms. The lowest BCUT2D eigenvalue weighted by Gasteiger charge is -2.11. The summed E-state index contributed by atoms with van der Waals surface area (Å²) in [5, 5.41) is 9.38. The minimum absolute atomic E-state index is 0.0273. The molecule has 12 heteroatoms. The highest BCUT2D eigenvalue weighted by Crippen LogP contribution is 2.31. The highest BCUT2D eigenvalue weighted by atomic mass is 19.4. The van der Waals surface area contributed by atoms with Gasteiger partial charge in [0.25, 0.3) is 5.91 Å². The van der Waals surface area contributed by atoms with Gasteiger partial charge in [-0.1, -0.05) is 6.07 Å². The maximum Gasteiger partial charge on any atom is 0.416 e. The number of hydrogen-bond donors (Lipinski definition) is 2. The zero-order valence-electron chi connectivity index (χ0n) is 18.3. The molecule has 0 radical (unpaired) electrons. The van der Waals surface area contributed by atoms with E-state index in [1.165, 1.54) is 22.7 Å². The number of anilines is 2. The Morgan fingerprint density at radius 2 is 1.83 bits per heavy atom. The van der Waals surface area contributed by atoms with E-state index >= 15 is 0 Å². The zero-order valence-corrected chi connectivity index (χ0v) is 18.3. The highest BCUT2D eigenvalue weighted by Gasteiger charge is 2.32. The second-order valence-corrected chi connectivity index (χ2v) is 8.14. The third-order valence-electron chi connectivity index (χ3n) is 5.35. The van der Waals surface area contributed by atoms with E-state index in [1.54, 1.807) is 24.4 Å². The first-order chi connectivity index (χ1) is 17.2. The SMILES string of the molecule is O=C(Nc1cccc(Oc2ccc3nc(NC(=O)C4CC4)cn3n2)c1)c1cc(C(F)(F)F)ccc1F. The standard InChI is InChI=1S/C24H17F4N5O3/c25-18-7-6-14(24(26,27)28)10-17(18)23(35)29-15-2-1-3-16(11-15)36-21-9-8-20-30-19(12-33(20)32-21)31-22(34)13-4-5-13/h1-3,6-13H,4-5H2,(H,29,35)(H,31,34). The lowest BCUT2D eigenvalue weighted by molar-refractivity contribution is -0.137. The highest BCUT2D eigenvalue weighted by molar-refractivity contribution is 6.04. The van der Waals surface area contributed by atoms with Gasteiger partial charge in [0.1, 0.15) is 11.6 Å². The minimum atomic E-state index is -4.72. The number of carbonyl (C=O) groups excluding carboxylic acids is 2. The molecular formula is C24H17F4N5O3. The summed E-state index contributed by atoms with van der Waals surface area (Å²) in [6.45, 7) is 0. The Bertz CT molecular complexity index is 1480. The molecule has 5 rings (SSSR count). The van der Waals surface area contributed by atoms with Crippen LogP contribution in [0, 0.1) is 11.7 Å². The molecule has 4 aromatic rings. The number of nitrogens with one attached hydrogen (secondary N) is 2. The van der Waals surface area contributed by atoms with E-state index in [0.29, 0.717) is 29.7 Å². The van der Waals surface area contributed by atoms with Gasteiger partial charge in [-0.2, -0.15) is 13.2 Å². The summed E-state index contributed by atoms with van der Waals surface area (Å²) in [5.41, 5.74) is -1.23. The number of carbonyl (C=O) groups is 2. The van der Waals surface area contributed by atoms with Crippen molar-refractivity contribution in [2.45, 2.75) is 19.0 Å². The summed E-state index contributed by atoms with van der Waals surface area (Å²) in [4.78, 5) is 28.7. The van der Waals surface area contributed by atoms with Crippen molar-refractivity contribution in [1.29, 1.82) is 0 Å². The Labute approximate surface area is 200 Å². The van der Waals surface area contributed by atoms with Crippen LogP contribution >= 0.6 is 0 Å². The van der Waals surface area contributed by atoms with E-state index < -0.39 is 29.0 Å². The molecule has 1 saturated carbocycles. The molecule has 2 aromatic heterocycles. The van der Waals surface area contributed by atoms with Crippen LogP contribution in [0.25, 0.3) is 5.65 Å². The van der Waals surface area contributed by atoms with Gasteiger partial charge in [0.15, 0.2) is 11.5 Å². The van der Waals surface area contributed by atoms with E-state index in [1.807, 2.05) is 0 Å². The van der Waals surface area contributed by atoms with Crippen LogP contribution in [0.3, 0.4) is 0 Å². The molecule has 0 aliphatic heterocycles. The van der Waals surface area contributed by atoms with Gasteiger partial charge < -0.3 is 15.4 Å². The molecule has 2 heterocycles. The number of imidazole rings is 1. The summed E-state index contributed by atoms with van der Waals surface area (Å²) in [6, 6.07) is 10.8. The van der Waals surface area contributed by atoms with Crippen LogP contribution in [0.5, 0.6) is 11.6 Å². The molecule has 2 amide bonds. The van der Waals surface area contributed by atoms with Crippen LogP contribution in [0.4, 0.5) is 29.1 Å². The molecule has 1 aliphatic rings. The van der Waals surface area contributed by atoms with Crippen LogP contribution in [0.2, 0.25) is 0 Å². The Morgan fingerprint density at radius 3 is 2.58 bits per heavy atom. The lowest BCUT2D eigenvalue weighted by atomic mass is 10.1. The van der Waals surface area contributed by atoms with Crippen LogP contribution in [-0.2, 0) is 11.0 Å². The fraction of sp³-hybridized carbons (Fsp3) is 0.167. The molecule has 2 N–H and O–H groups in total. The van der Waals surface area contributed by atoms with Crippen molar-refractivity contribution in [3.05, 3.63) is 77.7 Å². The Hall–Kier alpha value is -4.48. The first kappa shape index (κ1) is 23.3. The molecule has 2 aromatic carbocycles. The molecule has 184 valence electrons. The van der Waals surface area contributed by atoms with Crippen molar-refractivity contribution in [3.8, 4) is 11.6 Å². The number of fused-ring (bicyclic) bond motifs is 1. The maximum atomic E-state index is 14.0. The summed E-state index contributed by atoms with van der Waals surface area (Å²) < 4.78 is 60.0. The van der Waals surface area contributed by atoms with Gasteiger partial charge >= 0.3 is 6.18 Å². The monoisotopic (exact) mass is 499 g/mol. The van der Waals surface area contributed by atoms with Gasteiger partial charge in [0.05, 0.1) is 17.3 Å². The van der Waals surface area contributed by atoms with E-state index in [9.17, 15) is 27.2 Å². The van der Waals surface area contributed by atoms with Crippen molar-refractivity contribution in [2.24, 2.45) is 5.92 Å². The fourth-order valence-corrected chi connectivity index (χ4v) is 3.39. The van der Waals surface area contributed by atoms with Gasteiger partial charge in [-0.3, -0.25) is 9.59 Å². The fourth-order valence-electron chi connectivity index (χ4n) is 3.39. The second kappa shape index (κ2) is 8.95. The average Bonchev–Trinajstić information content (AvgIpc) is 3.59. The van der Waals surface area contributed by atoms with Crippen LogP contribution < -0.4 is 15.4 Å². The first-order valence-electron chi connectivity index (χ1n) is 10.8. The topological polar surface area (TPSA) is 97.6 Å². The number of benzene rings is 2. The number of nitrogens with zero attached hydrogens (tertiary/aromatic N) is 3. The third-order valence-corrected chi connectivity index (χ3v) is 5.35. The molecule has 0 bridgehead atoms. The van der Waals surface area contributed by atoms with Crippen LogP contribution in [0.1, 0.15) is 28.8 Å². The number of alkyl halides is 3. The summed E-state index contributed by atoms with van der Waals surface area (Å²) in [6.07, 6.45) is -1.44. The van der Waals surface area contributed by atoms with Gasteiger partial charge in [0.2, 0.25) is 11.8 Å². The maximum absolute atomic E-state index is 14.0. The summed E-state index contributed by atoms with van der Waals surface area (Å²) in [5.74, 6) is -1.40. The number of halogens is 4. The predicted molar refractivity (Wildman–Crippen MR) is 120 cm³/mol. The normalized spacial score (nSPS) is 13.4. The molecule has 0 spiro atoms. The van der Waals surface area contributed by atoms with Gasteiger partial charge in [-0.25, -0.2) is 13.9 Å². The average molecular weight is 499 g/mol. The quantitative estimate of drug-likeness (QED) is 0.352. The third kappa shape index (κ3) is 5.11. The van der Waals surface area contributed by atoms with Crippen molar-refractivity contribution in [2.75, 3.05) is 10.6 Å². The first-order valence-corrected chi connectivity index (χ1v) is 10.8. The smallest absolute Gasteiger partial charge is 0.416 e. The van der Waals surface area contributed by atoms with Crippen molar-refractivity contribution < 1.29 is 31.9 Å². The minimum Gasteiger partial charge on any atom is -0.438 e. The molecule has 0 unspecified atom stereocenters. The van der Waals surface area contributed by atoms with Crippen LogP contribution in [0.15, 0.2) is 60.8 Å². The molecular weight excluding hydrogens is 482 g/mol. The van der Waals surface area contributed by atoms with Crippen molar-refractivity contribution >= 4 is 29.0 Å². The van der Waals surface area contributed by atoms with E-state index in [-0.39, 0.29) is 29.1 Å². The summed E-state index contributed by atoms with van der Waals surface area (Å²) in [7, 11) is 0. The van der Waals surface area contributed by atoms with Crippen molar-refractivity contribution in [3.63, 3.8) is 0 Å². The van der Waals surface area contributed by atoms with Gasteiger partial charge in [-0.05, 0) is 49.2 Å². The van der Waals surface area contributed by atoms with Crippen molar-refractivity contribution in [1.82, 2.24) is 14.6 Å². The molecule has 1 aliphatic carbocycles. The number of ether oxygens (including phenoxy) is 1. The Kier molecular flexibility index (Phi) is 5.78. The molecule has 1 fully saturated rings. The zero-order chi connectivity index (χ0) is 25.4. The number of hydrogen-bond acceptors (Lipinski definition) is 5. The molecule has 0 atom stereocenters. The number of aromatic nitrogens is 3. The van der Waals surface area contributed by atoms with E-state index in [0.717, 1.165) is 12.8 Å². The van der Waals surface area contributed by atoms with Gasteiger partial charge in [0, 0.05) is 23.7 Å². The Morgan fingerprint density at radius 1 is 1.03 bits per heavy atom. The Balaban J connectivity index is 1.30. The van der Waals surface area contributed by atoms with Gasteiger partial charge in [-0.15, -0.1) is 5.10 Å². The summed E-state index contributed by atoms with van der Waals surface area (Å²) >= 11 is 0. The predicted octanol–water partition coefficient (Wildman–Crippen LogP) is 5.28. The molecule has 0 saturated heterocycles. The second-order valence-electron chi connectivity index (χ2n) is 8.14. The largest absolute Gasteiger partial charge is 0.438 e. The number of rotatable bonds is 6. The number of amides is 2. The lowest BCUT2D eigenvalue weighted by Crippen LogP contribution is -2.16. The van der Waals surface area contributed by atoms with Crippen LogP contribution in [-0.4, -0.2) is 26.4 Å². The van der Waals surface area contributed by atoms with E-state index in [4.69, 9.17) is 4.74 Å².